The second kappa shape index (κ2) is 7.32. The van der Waals surface area contributed by atoms with E-state index in [2.05, 4.69) is 5.32 Å². The van der Waals surface area contributed by atoms with E-state index in [9.17, 15) is 4.79 Å². The lowest BCUT2D eigenvalue weighted by Gasteiger charge is -2.29. The molecule has 2 rings (SSSR count). The lowest BCUT2D eigenvalue weighted by Crippen LogP contribution is -2.43. The van der Waals surface area contributed by atoms with Crippen molar-refractivity contribution >= 4 is 17.7 Å². The van der Waals surface area contributed by atoms with Crippen LogP contribution in [0.15, 0.2) is 60.7 Å². The molecule has 0 saturated heterocycles. The van der Waals surface area contributed by atoms with E-state index in [1.54, 1.807) is 11.8 Å². The third-order valence-corrected chi connectivity index (χ3v) is 4.36. The maximum absolute atomic E-state index is 12.8. The average Bonchev–Trinajstić information content (AvgIpc) is 2.56. The molecule has 2 nitrogen and oxygen atoms in total. The van der Waals surface area contributed by atoms with Crippen molar-refractivity contribution in [2.24, 2.45) is 0 Å². The Kier molecular flexibility index (Phi) is 5.45. The van der Waals surface area contributed by atoms with Gasteiger partial charge in [-0.15, -0.1) is 0 Å². The van der Waals surface area contributed by atoms with Crippen molar-refractivity contribution in [3.8, 4) is 0 Å². The lowest BCUT2D eigenvalue weighted by molar-refractivity contribution is -0.124. The highest BCUT2D eigenvalue weighted by Crippen LogP contribution is 2.32. The zero-order valence-electron chi connectivity index (χ0n) is 12.5. The summed E-state index contributed by atoms with van der Waals surface area (Å²) in [6.45, 7) is 2.68. The molecule has 1 N–H and O–H groups in total. The van der Waals surface area contributed by atoms with Gasteiger partial charge >= 0.3 is 0 Å². The third-order valence-electron chi connectivity index (χ3n) is 3.75. The normalized spacial score (nSPS) is 11.1. The first kappa shape index (κ1) is 15.6. The van der Waals surface area contributed by atoms with Crippen LogP contribution in [0.25, 0.3) is 0 Å². The van der Waals surface area contributed by atoms with Crippen LogP contribution in [0.3, 0.4) is 0 Å². The third kappa shape index (κ3) is 3.48. The van der Waals surface area contributed by atoms with Gasteiger partial charge < -0.3 is 5.32 Å². The molecule has 2 aromatic rings. The molecular weight excluding hydrogens is 278 g/mol. The standard InChI is InChI=1S/C18H21NOS/c1-18(15-9-5-3-6-10-15,16-11-7-4-8-12-16)17(20)19-13-14-21-2/h3-12H,13-14H2,1-2H3,(H,19,20). The summed E-state index contributed by atoms with van der Waals surface area (Å²) in [5, 5.41) is 3.06. The van der Waals surface area contributed by atoms with E-state index in [4.69, 9.17) is 0 Å². The minimum atomic E-state index is -0.666. The molecule has 0 heterocycles. The molecule has 0 aromatic heterocycles. The topological polar surface area (TPSA) is 29.1 Å². The Morgan fingerprint density at radius 2 is 1.48 bits per heavy atom. The van der Waals surface area contributed by atoms with E-state index in [0.29, 0.717) is 6.54 Å². The number of benzene rings is 2. The molecule has 110 valence electrons. The molecule has 0 unspecified atom stereocenters. The second-order valence-electron chi connectivity index (χ2n) is 5.11. The fraction of sp³-hybridized carbons (Fsp3) is 0.278. The van der Waals surface area contributed by atoms with Crippen molar-refractivity contribution in [3.05, 3.63) is 71.8 Å². The largest absolute Gasteiger partial charge is 0.354 e. The van der Waals surface area contributed by atoms with Crippen LogP contribution in [0.2, 0.25) is 0 Å². The maximum atomic E-state index is 12.8. The van der Waals surface area contributed by atoms with Crippen LogP contribution in [0.4, 0.5) is 0 Å². The highest BCUT2D eigenvalue weighted by Gasteiger charge is 2.36. The monoisotopic (exact) mass is 299 g/mol. The molecule has 2 aromatic carbocycles. The first-order valence-electron chi connectivity index (χ1n) is 7.08. The minimum absolute atomic E-state index is 0.0500. The van der Waals surface area contributed by atoms with Crippen molar-refractivity contribution in [1.82, 2.24) is 5.32 Å². The van der Waals surface area contributed by atoms with Crippen LogP contribution in [0.5, 0.6) is 0 Å². The highest BCUT2D eigenvalue weighted by atomic mass is 32.2. The van der Waals surface area contributed by atoms with Crippen LogP contribution in [0.1, 0.15) is 18.1 Å². The molecule has 0 aliphatic carbocycles. The molecule has 21 heavy (non-hydrogen) atoms. The number of rotatable bonds is 6. The van der Waals surface area contributed by atoms with Crippen molar-refractivity contribution in [2.75, 3.05) is 18.6 Å². The van der Waals surface area contributed by atoms with Gasteiger partial charge in [0.2, 0.25) is 5.91 Å². The molecular formula is C18H21NOS. The SMILES string of the molecule is CSCCNC(=O)C(C)(c1ccccc1)c1ccccc1. The van der Waals surface area contributed by atoms with Crippen molar-refractivity contribution in [2.45, 2.75) is 12.3 Å². The second-order valence-corrected chi connectivity index (χ2v) is 6.09. The lowest BCUT2D eigenvalue weighted by atomic mass is 9.75. The first-order valence-corrected chi connectivity index (χ1v) is 8.47. The summed E-state index contributed by atoms with van der Waals surface area (Å²) in [6, 6.07) is 19.9. The summed E-state index contributed by atoms with van der Waals surface area (Å²) in [5.74, 6) is 0.972. The van der Waals surface area contributed by atoms with E-state index in [-0.39, 0.29) is 5.91 Å². The Labute approximate surface area is 131 Å². The average molecular weight is 299 g/mol. The molecule has 0 saturated carbocycles. The molecule has 0 aliphatic rings. The van der Waals surface area contributed by atoms with Gasteiger partial charge in [0.15, 0.2) is 0 Å². The van der Waals surface area contributed by atoms with Gasteiger partial charge in [0.25, 0.3) is 0 Å². The zero-order chi connectivity index (χ0) is 15.1. The molecule has 0 aliphatic heterocycles. The highest BCUT2D eigenvalue weighted by molar-refractivity contribution is 7.98. The van der Waals surface area contributed by atoms with Gasteiger partial charge in [0.1, 0.15) is 0 Å². The number of carbonyl (C=O) groups excluding carboxylic acids is 1. The number of carbonyl (C=O) groups is 1. The number of hydrogen-bond donors (Lipinski definition) is 1. The molecule has 0 spiro atoms. The Balaban J connectivity index is 2.38. The fourth-order valence-electron chi connectivity index (χ4n) is 2.42. The van der Waals surface area contributed by atoms with Crippen LogP contribution in [-0.2, 0) is 10.2 Å². The summed E-state index contributed by atoms with van der Waals surface area (Å²) in [6.07, 6.45) is 2.04. The van der Waals surface area contributed by atoms with Gasteiger partial charge in [0.05, 0.1) is 5.41 Å². The zero-order valence-corrected chi connectivity index (χ0v) is 13.3. The molecule has 3 heteroatoms. The Morgan fingerprint density at radius 1 is 1.00 bits per heavy atom. The van der Waals surface area contributed by atoms with Gasteiger partial charge in [-0.2, -0.15) is 11.8 Å². The summed E-state index contributed by atoms with van der Waals surface area (Å²) < 4.78 is 0. The van der Waals surface area contributed by atoms with Gasteiger partial charge in [-0.05, 0) is 24.3 Å². The minimum Gasteiger partial charge on any atom is -0.354 e. The summed E-state index contributed by atoms with van der Waals surface area (Å²) in [5.41, 5.74) is 1.36. The van der Waals surface area contributed by atoms with Gasteiger partial charge in [-0.25, -0.2) is 0 Å². The van der Waals surface area contributed by atoms with Crippen LogP contribution in [-0.4, -0.2) is 24.5 Å². The molecule has 0 radical (unpaired) electrons. The van der Waals surface area contributed by atoms with E-state index in [1.807, 2.05) is 73.8 Å². The predicted octanol–water partition coefficient (Wildman–Crippen LogP) is 3.47. The quantitative estimate of drug-likeness (QED) is 0.828. The maximum Gasteiger partial charge on any atom is 0.234 e. The molecule has 0 bridgehead atoms. The van der Waals surface area contributed by atoms with Gasteiger partial charge in [0, 0.05) is 12.3 Å². The molecule has 0 fully saturated rings. The number of hydrogen-bond acceptors (Lipinski definition) is 2. The van der Waals surface area contributed by atoms with Gasteiger partial charge in [-0.3, -0.25) is 4.79 Å². The Bertz CT molecular complexity index is 529. The summed E-state index contributed by atoms with van der Waals surface area (Å²) >= 11 is 1.73. The fourth-order valence-corrected chi connectivity index (χ4v) is 2.72. The first-order chi connectivity index (χ1) is 10.2. The number of amides is 1. The van der Waals surface area contributed by atoms with Crippen LogP contribution < -0.4 is 5.32 Å². The Morgan fingerprint density at radius 3 is 1.90 bits per heavy atom. The van der Waals surface area contributed by atoms with Crippen molar-refractivity contribution < 1.29 is 4.79 Å². The number of thioether (sulfide) groups is 1. The number of nitrogens with one attached hydrogen (secondary N) is 1. The van der Waals surface area contributed by atoms with Gasteiger partial charge in [-0.1, -0.05) is 60.7 Å². The molecule has 0 atom stereocenters. The predicted molar refractivity (Wildman–Crippen MR) is 90.7 cm³/mol. The summed E-state index contributed by atoms with van der Waals surface area (Å²) in [4.78, 5) is 12.8. The Hall–Kier alpha value is -1.74. The van der Waals surface area contributed by atoms with Crippen molar-refractivity contribution in [1.29, 1.82) is 0 Å². The van der Waals surface area contributed by atoms with E-state index in [0.717, 1.165) is 16.9 Å². The smallest absolute Gasteiger partial charge is 0.234 e. The van der Waals surface area contributed by atoms with E-state index < -0.39 is 5.41 Å². The molecule has 1 amide bonds. The van der Waals surface area contributed by atoms with E-state index >= 15 is 0 Å². The van der Waals surface area contributed by atoms with Crippen molar-refractivity contribution in [3.63, 3.8) is 0 Å². The van der Waals surface area contributed by atoms with E-state index in [1.165, 1.54) is 0 Å². The van der Waals surface area contributed by atoms with Crippen LogP contribution in [0, 0.1) is 0 Å². The van der Waals surface area contributed by atoms with Crippen LogP contribution >= 0.6 is 11.8 Å². The summed E-state index contributed by atoms with van der Waals surface area (Å²) in [7, 11) is 0.